The molecule has 2 heteroatoms. The zero-order valence-corrected chi connectivity index (χ0v) is 7.60. The highest BCUT2D eigenvalue weighted by Gasteiger charge is 2.17. The van der Waals surface area contributed by atoms with Crippen molar-refractivity contribution in [2.45, 2.75) is 51.8 Å². The van der Waals surface area contributed by atoms with Gasteiger partial charge >= 0.3 is 0 Å². The number of ether oxygens (including phenoxy) is 1. The Bertz CT molecular complexity index is 95.7. The first kappa shape index (κ1) is 9.01. The molecule has 1 rings (SSSR count). The minimum absolute atomic E-state index is 0.347. The number of nitrogens with one attached hydrogen (secondary N) is 1. The normalized spacial score (nSPS) is 24.8. The second-order valence-electron chi connectivity index (χ2n) is 3.18. The molecule has 1 fully saturated rings. The van der Waals surface area contributed by atoms with Crippen LogP contribution in [0.2, 0.25) is 0 Å². The maximum absolute atomic E-state index is 5.48. The highest BCUT2D eigenvalue weighted by atomic mass is 16.5. The van der Waals surface area contributed by atoms with Crippen LogP contribution in [0.3, 0.4) is 0 Å². The summed E-state index contributed by atoms with van der Waals surface area (Å²) in [7, 11) is 0. The van der Waals surface area contributed by atoms with Gasteiger partial charge in [-0.1, -0.05) is 13.8 Å². The van der Waals surface area contributed by atoms with Gasteiger partial charge in [0.25, 0.3) is 0 Å². The van der Waals surface area contributed by atoms with Crippen LogP contribution in [0.5, 0.6) is 0 Å². The molecule has 1 atom stereocenters. The van der Waals surface area contributed by atoms with E-state index in [-0.39, 0.29) is 0 Å². The summed E-state index contributed by atoms with van der Waals surface area (Å²) < 4.78 is 5.48. The van der Waals surface area contributed by atoms with Crippen molar-refractivity contribution in [1.82, 2.24) is 5.32 Å². The molecule has 1 aliphatic rings. The van der Waals surface area contributed by atoms with Gasteiger partial charge in [0.15, 0.2) is 0 Å². The Morgan fingerprint density at radius 3 is 2.64 bits per heavy atom. The van der Waals surface area contributed by atoms with Gasteiger partial charge in [0.2, 0.25) is 0 Å². The van der Waals surface area contributed by atoms with Crippen LogP contribution in [-0.4, -0.2) is 18.9 Å². The van der Waals surface area contributed by atoms with E-state index in [0.717, 1.165) is 6.61 Å². The van der Waals surface area contributed by atoms with E-state index < -0.39 is 0 Å². The minimum atomic E-state index is 0.347. The standard InChI is InChI=1S/C9H19NO/c1-3-8(4-2)10-9-6-5-7-11-9/h8-10H,3-7H2,1-2H3. The highest BCUT2D eigenvalue weighted by Crippen LogP contribution is 2.11. The van der Waals surface area contributed by atoms with Crippen molar-refractivity contribution in [2.75, 3.05) is 6.61 Å². The highest BCUT2D eigenvalue weighted by molar-refractivity contribution is 4.69. The van der Waals surface area contributed by atoms with Gasteiger partial charge in [0.1, 0.15) is 6.23 Å². The molecular formula is C9H19NO. The van der Waals surface area contributed by atoms with E-state index in [1.165, 1.54) is 25.7 Å². The first-order valence-electron chi connectivity index (χ1n) is 4.74. The van der Waals surface area contributed by atoms with Gasteiger partial charge in [-0.2, -0.15) is 0 Å². The van der Waals surface area contributed by atoms with Crippen LogP contribution in [-0.2, 0) is 4.74 Å². The van der Waals surface area contributed by atoms with Gasteiger partial charge in [-0.05, 0) is 25.7 Å². The summed E-state index contributed by atoms with van der Waals surface area (Å²) >= 11 is 0. The lowest BCUT2D eigenvalue weighted by atomic mass is 10.1. The molecule has 0 bridgehead atoms. The van der Waals surface area contributed by atoms with Gasteiger partial charge in [0.05, 0.1) is 0 Å². The summed E-state index contributed by atoms with van der Waals surface area (Å²) in [6.45, 7) is 5.38. The van der Waals surface area contributed by atoms with Crippen molar-refractivity contribution in [3.05, 3.63) is 0 Å². The topological polar surface area (TPSA) is 21.3 Å². The SMILES string of the molecule is CCC(CC)NC1CCCO1. The second kappa shape index (κ2) is 4.73. The molecule has 0 aromatic carbocycles. The fourth-order valence-electron chi connectivity index (χ4n) is 1.50. The van der Waals surface area contributed by atoms with Gasteiger partial charge in [-0.15, -0.1) is 0 Å². The minimum Gasteiger partial charge on any atom is -0.363 e. The molecule has 0 saturated carbocycles. The predicted octanol–water partition coefficient (Wildman–Crippen LogP) is 1.90. The lowest BCUT2D eigenvalue weighted by Gasteiger charge is -2.19. The van der Waals surface area contributed by atoms with Crippen LogP contribution >= 0.6 is 0 Å². The van der Waals surface area contributed by atoms with Gasteiger partial charge in [-0.3, -0.25) is 5.32 Å². The molecule has 0 spiro atoms. The van der Waals surface area contributed by atoms with Crippen LogP contribution in [0.4, 0.5) is 0 Å². The molecule has 1 saturated heterocycles. The zero-order chi connectivity index (χ0) is 8.10. The van der Waals surface area contributed by atoms with Crippen LogP contribution in [0.1, 0.15) is 39.5 Å². The third kappa shape index (κ3) is 2.80. The van der Waals surface area contributed by atoms with E-state index in [1.54, 1.807) is 0 Å². The maximum atomic E-state index is 5.48. The quantitative estimate of drug-likeness (QED) is 0.673. The molecule has 1 heterocycles. The van der Waals surface area contributed by atoms with E-state index in [9.17, 15) is 0 Å². The van der Waals surface area contributed by atoms with Crippen molar-refractivity contribution >= 4 is 0 Å². The number of hydrogen-bond acceptors (Lipinski definition) is 2. The molecule has 0 aromatic rings. The summed E-state index contributed by atoms with van der Waals surface area (Å²) in [6, 6.07) is 0.651. The summed E-state index contributed by atoms with van der Waals surface area (Å²) in [4.78, 5) is 0. The monoisotopic (exact) mass is 157 g/mol. The molecule has 11 heavy (non-hydrogen) atoms. The Morgan fingerprint density at radius 2 is 2.18 bits per heavy atom. The number of hydrogen-bond donors (Lipinski definition) is 1. The van der Waals surface area contributed by atoms with Crippen LogP contribution in [0, 0.1) is 0 Å². The Kier molecular flexibility index (Phi) is 3.87. The fourth-order valence-corrected chi connectivity index (χ4v) is 1.50. The first-order valence-corrected chi connectivity index (χ1v) is 4.74. The molecule has 0 amide bonds. The van der Waals surface area contributed by atoms with Crippen molar-refractivity contribution in [2.24, 2.45) is 0 Å². The molecule has 1 N–H and O–H groups in total. The van der Waals surface area contributed by atoms with E-state index >= 15 is 0 Å². The lowest BCUT2D eigenvalue weighted by molar-refractivity contribution is 0.0726. The molecule has 0 aromatic heterocycles. The Labute approximate surface area is 69.3 Å². The summed E-state index contributed by atoms with van der Waals surface area (Å²) in [6.07, 6.45) is 5.17. The predicted molar refractivity (Wildman–Crippen MR) is 46.5 cm³/mol. The summed E-state index contributed by atoms with van der Waals surface area (Å²) in [5, 5.41) is 3.49. The van der Waals surface area contributed by atoms with Crippen LogP contribution in [0.15, 0.2) is 0 Å². The van der Waals surface area contributed by atoms with Crippen LogP contribution in [0.25, 0.3) is 0 Å². The second-order valence-corrected chi connectivity index (χ2v) is 3.18. The fraction of sp³-hybridized carbons (Fsp3) is 1.00. The maximum Gasteiger partial charge on any atom is 0.108 e. The molecular weight excluding hydrogens is 138 g/mol. The smallest absolute Gasteiger partial charge is 0.108 e. The van der Waals surface area contributed by atoms with E-state index in [0.29, 0.717) is 12.3 Å². The number of rotatable bonds is 4. The zero-order valence-electron chi connectivity index (χ0n) is 7.60. The summed E-state index contributed by atoms with van der Waals surface area (Å²) in [5.74, 6) is 0. The Morgan fingerprint density at radius 1 is 1.45 bits per heavy atom. The molecule has 2 nitrogen and oxygen atoms in total. The first-order chi connectivity index (χ1) is 5.36. The van der Waals surface area contributed by atoms with E-state index in [2.05, 4.69) is 19.2 Å². The average Bonchev–Trinajstić information content (AvgIpc) is 2.52. The van der Waals surface area contributed by atoms with Gasteiger partial charge < -0.3 is 4.74 Å². The van der Waals surface area contributed by atoms with Crippen molar-refractivity contribution in [3.63, 3.8) is 0 Å². The summed E-state index contributed by atoms with van der Waals surface area (Å²) in [5.41, 5.74) is 0. The third-order valence-corrected chi connectivity index (χ3v) is 2.34. The van der Waals surface area contributed by atoms with Crippen LogP contribution < -0.4 is 5.32 Å². The van der Waals surface area contributed by atoms with Gasteiger partial charge in [-0.25, -0.2) is 0 Å². The Balaban J connectivity index is 2.16. The van der Waals surface area contributed by atoms with E-state index in [1.807, 2.05) is 0 Å². The van der Waals surface area contributed by atoms with Gasteiger partial charge in [0, 0.05) is 12.6 Å². The molecule has 0 radical (unpaired) electrons. The average molecular weight is 157 g/mol. The Hall–Kier alpha value is -0.0800. The molecule has 1 unspecified atom stereocenters. The lowest BCUT2D eigenvalue weighted by Crippen LogP contribution is -2.36. The largest absolute Gasteiger partial charge is 0.363 e. The van der Waals surface area contributed by atoms with E-state index in [4.69, 9.17) is 4.74 Å². The van der Waals surface area contributed by atoms with Crippen molar-refractivity contribution in [3.8, 4) is 0 Å². The molecule has 0 aliphatic carbocycles. The third-order valence-electron chi connectivity index (χ3n) is 2.34. The van der Waals surface area contributed by atoms with Crippen molar-refractivity contribution in [1.29, 1.82) is 0 Å². The van der Waals surface area contributed by atoms with Crippen molar-refractivity contribution < 1.29 is 4.74 Å². The molecule has 66 valence electrons. The molecule has 1 aliphatic heterocycles.